The largest absolute Gasteiger partial charge is 0.400 e. The van der Waals surface area contributed by atoms with Crippen LogP contribution in [-0.4, -0.2) is 62.6 Å². The molecule has 6 heteroatoms. The van der Waals surface area contributed by atoms with Gasteiger partial charge in [0.15, 0.2) is 0 Å². The fraction of sp³-hybridized carbons (Fsp3) is 0.889. The second-order valence-corrected chi connectivity index (χ2v) is 1.88. The van der Waals surface area contributed by atoms with Crippen LogP contribution in [0.2, 0.25) is 0 Å². The van der Waals surface area contributed by atoms with Crippen LogP contribution in [0.5, 0.6) is 0 Å². The summed E-state index contributed by atoms with van der Waals surface area (Å²) in [5, 5.41) is 21.0. The molecular formula is C9H23O5Zr-. The summed E-state index contributed by atoms with van der Waals surface area (Å²) in [4.78, 5) is 0. The third kappa shape index (κ3) is 31.3. The second-order valence-electron chi connectivity index (χ2n) is 1.88. The van der Waals surface area contributed by atoms with E-state index in [1.807, 2.05) is 0 Å². The van der Waals surface area contributed by atoms with Crippen molar-refractivity contribution in [3.05, 3.63) is 6.92 Å². The quantitative estimate of drug-likeness (QED) is 0.369. The molecular weight excluding hydrogens is 279 g/mol. The average molecular weight is 303 g/mol. The fourth-order valence-electron chi connectivity index (χ4n) is 0.481. The van der Waals surface area contributed by atoms with Crippen LogP contribution in [0.3, 0.4) is 0 Å². The molecule has 1 saturated heterocycles. The van der Waals surface area contributed by atoms with Crippen molar-refractivity contribution in [2.24, 2.45) is 0 Å². The average Bonchev–Trinajstić information content (AvgIpc) is 3.11. The summed E-state index contributed by atoms with van der Waals surface area (Å²) in [7, 11) is 3.00. The number of rotatable bonds is 4. The molecule has 3 N–H and O–H groups in total. The first-order valence-electron chi connectivity index (χ1n) is 4.26. The van der Waals surface area contributed by atoms with E-state index in [9.17, 15) is 0 Å². The minimum atomic E-state index is 0. The van der Waals surface area contributed by atoms with E-state index in [1.54, 1.807) is 0 Å². The van der Waals surface area contributed by atoms with Gasteiger partial charge < -0.3 is 31.7 Å². The first kappa shape index (κ1) is 24.8. The Morgan fingerprint density at radius 1 is 1.20 bits per heavy atom. The van der Waals surface area contributed by atoms with E-state index in [2.05, 4.69) is 6.92 Å². The maximum atomic E-state index is 7.00. The second kappa shape index (κ2) is 29.3. The molecule has 94 valence electrons. The van der Waals surface area contributed by atoms with E-state index < -0.39 is 0 Å². The maximum Gasteiger partial charge on any atom is 0.104 e. The molecule has 1 aliphatic heterocycles. The van der Waals surface area contributed by atoms with Gasteiger partial charge in [0, 0.05) is 54.1 Å². The van der Waals surface area contributed by atoms with Gasteiger partial charge in [-0.05, 0) is 0 Å². The Kier molecular flexibility index (Phi) is 48.4. The molecule has 0 bridgehead atoms. The normalized spacial score (nSPS) is 15.0. The van der Waals surface area contributed by atoms with Crippen LogP contribution in [0.15, 0.2) is 0 Å². The van der Waals surface area contributed by atoms with E-state index in [0.717, 1.165) is 47.6 Å². The van der Waals surface area contributed by atoms with Gasteiger partial charge in [-0.3, -0.25) is 0 Å². The van der Waals surface area contributed by atoms with Gasteiger partial charge in [-0.25, -0.2) is 0 Å². The van der Waals surface area contributed by atoms with Crippen molar-refractivity contribution >= 4 is 0 Å². The van der Waals surface area contributed by atoms with E-state index in [1.165, 1.54) is 0 Å². The molecule has 0 aromatic heterocycles. The number of aliphatic hydroxyl groups is 3. The molecule has 5 nitrogen and oxygen atoms in total. The maximum absolute atomic E-state index is 7.00. The Morgan fingerprint density at radius 3 is 1.87 bits per heavy atom. The third-order valence-electron chi connectivity index (χ3n) is 0.995. The molecule has 0 spiro atoms. The monoisotopic (exact) mass is 301 g/mol. The van der Waals surface area contributed by atoms with Gasteiger partial charge in [0.2, 0.25) is 0 Å². The molecule has 1 fully saturated rings. The minimum Gasteiger partial charge on any atom is -0.400 e. The topological polar surface area (TPSA) is 82.5 Å². The van der Waals surface area contributed by atoms with Gasteiger partial charge >= 0.3 is 0 Å². The third-order valence-corrected chi connectivity index (χ3v) is 0.995. The van der Waals surface area contributed by atoms with Crippen LogP contribution >= 0.6 is 0 Å². The van der Waals surface area contributed by atoms with Crippen LogP contribution in [0, 0.1) is 6.92 Å². The number of ether oxygens (including phenoxy) is 2. The SMILES string of the molecule is CO.CO.CO.[CH2-]CCOCC1CO1.[Zr]. The molecule has 0 aromatic rings. The Hall–Kier alpha value is 0.683. The molecule has 1 atom stereocenters. The summed E-state index contributed by atoms with van der Waals surface area (Å²) in [6, 6.07) is 0. The number of hydrogen-bond donors (Lipinski definition) is 3. The first-order chi connectivity index (χ1) is 6.93. The predicted molar refractivity (Wildman–Crippen MR) is 55.0 cm³/mol. The van der Waals surface area contributed by atoms with Gasteiger partial charge in [-0.15, -0.1) is 0 Å². The van der Waals surface area contributed by atoms with Crippen molar-refractivity contribution in [3.63, 3.8) is 0 Å². The summed E-state index contributed by atoms with van der Waals surface area (Å²) < 4.78 is 10.0. The molecule has 1 rings (SSSR count). The van der Waals surface area contributed by atoms with E-state index in [0.29, 0.717) is 6.10 Å². The van der Waals surface area contributed by atoms with Crippen molar-refractivity contribution in [2.45, 2.75) is 12.5 Å². The summed E-state index contributed by atoms with van der Waals surface area (Å²) in [5.41, 5.74) is 0. The summed E-state index contributed by atoms with van der Waals surface area (Å²) >= 11 is 0. The zero-order valence-electron chi connectivity index (χ0n) is 9.77. The Balaban J connectivity index is -0.0000000755. The van der Waals surface area contributed by atoms with Crippen molar-refractivity contribution in [1.29, 1.82) is 0 Å². The molecule has 0 radical (unpaired) electrons. The summed E-state index contributed by atoms with van der Waals surface area (Å²) in [5.74, 6) is 0. The zero-order valence-corrected chi connectivity index (χ0v) is 12.2. The Bertz CT molecular complexity index is 71.5. The van der Waals surface area contributed by atoms with Gasteiger partial charge in [0.05, 0.1) is 13.2 Å². The van der Waals surface area contributed by atoms with Crippen LogP contribution in [0.1, 0.15) is 6.42 Å². The first-order valence-corrected chi connectivity index (χ1v) is 4.26. The molecule has 0 aliphatic carbocycles. The Labute approximate surface area is 112 Å². The molecule has 1 aliphatic rings. The summed E-state index contributed by atoms with van der Waals surface area (Å²) in [6.45, 7) is 6.05. The van der Waals surface area contributed by atoms with Gasteiger partial charge in [0.25, 0.3) is 0 Å². The van der Waals surface area contributed by atoms with Gasteiger partial charge in [-0.1, -0.05) is 0 Å². The van der Waals surface area contributed by atoms with E-state index in [4.69, 9.17) is 24.8 Å². The zero-order chi connectivity index (χ0) is 11.8. The molecule has 1 heterocycles. The standard InChI is InChI=1S/C6H11O2.3CH4O.Zr/c1-2-3-7-4-6-5-8-6;3*1-2;/h6H,1-5H2;3*2H,1H3;/q-1;;;;. The fourth-order valence-corrected chi connectivity index (χ4v) is 0.481. The Morgan fingerprint density at radius 2 is 1.60 bits per heavy atom. The minimum absolute atomic E-state index is 0. The van der Waals surface area contributed by atoms with Crippen molar-refractivity contribution < 1.29 is 51.0 Å². The van der Waals surface area contributed by atoms with Crippen molar-refractivity contribution in [2.75, 3.05) is 41.2 Å². The molecule has 15 heavy (non-hydrogen) atoms. The van der Waals surface area contributed by atoms with E-state index >= 15 is 0 Å². The van der Waals surface area contributed by atoms with Crippen LogP contribution in [0.25, 0.3) is 0 Å². The van der Waals surface area contributed by atoms with Crippen LogP contribution in [-0.2, 0) is 35.7 Å². The molecule has 0 aromatic carbocycles. The number of aliphatic hydroxyl groups excluding tert-OH is 3. The number of epoxide rings is 1. The van der Waals surface area contributed by atoms with E-state index in [-0.39, 0.29) is 26.2 Å². The molecule has 0 saturated carbocycles. The summed E-state index contributed by atoms with van der Waals surface area (Å²) in [6.07, 6.45) is 1.26. The van der Waals surface area contributed by atoms with Gasteiger partial charge in [-0.2, -0.15) is 6.42 Å². The molecule has 0 amide bonds. The molecule has 1 unspecified atom stereocenters. The van der Waals surface area contributed by atoms with Gasteiger partial charge in [0.1, 0.15) is 6.10 Å². The smallest absolute Gasteiger partial charge is 0.104 e. The predicted octanol–water partition coefficient (Wildman–Crippen LogP) is -0.551. The van der Waals surface area contributed by atoms with Crippen LogP contribution in [0.4, 0.5) is 0 Å². The number of hydrogen-bond acceptors (Lipinski definition) is 5. The van der Waals surface area contributed by atoms with Crippen molar-refractivity contribution in [3.8, 4) is 0 Å². The van der Waals surface area contributed by atoms with Crippen LogP contribution < -0.4 is 0 Å². The van der Waals surface area contributed by atoms with Crippen molar-refractivity contribution in [1.82, 2.24) is 0 Å².